The molecule has 0 aromatic carbocycles. The third kappa shape index (κ3) is 3.37. The second-order valence-electron chi connectivity index (χ2n) is 3.70. The van der Waals surface area contributed by atoms with Gasteiger partial charge in [-0.2, -0.15) is 0 Å². The Balaban J connectivity index is 2.15. The fourth-order valence-electron chi connectivity index (χ4n) is 1.80. The molecule has 0 spiro atoms. The summed E-state index contributed by atoms with van der Waals surface area (Å²) in [5, 5.41) is 3.38. The second kappa shape index (κ2) is 5.33. The van der Waals surface area contributed by atoms with Crippen LogP contribution in [0.5, 0.6) is 0 Å². The van der Waals surface area contributed by atoms with Crippen LogP contribution in [0.25, 0.3) is 0 Å². The first-order valence-corrected chi connectivity index (χ1v) is 4.83. The van der Waals surface area contributed by atoms with E-state index in [4.69, 9.17) is 0 Å². The molecule has 1 aliphatic heterocycles. The Morgan fingerprint density at radius 3 is 2.75 bits per heavy atom. The van der Waals surface area contributed by atoms with Crippen molar-refractivity contribution >= 4 is 0 Å². The van der Waals surface area contributed by atoms with Gasteiger partial charge in [0.05, 0.1) is 0 Å². The Morgan fingerprint density at radius 1 is 1.50 bits per heavy atom. The highest BCUT2D eigenvalue weighted by atomic mass is 15.1. The lowest BCUT2D eigenvalue weighted by Crippen LogP contribution is -2.34. The first-order valence-electron chi connectivity index (χ1n) is 4.83. The van der Waals surface area contributed by atoms with E-state index in [0.29, 0.717) is 0 Å². The molecule has 70 valence electrons. The summed E-state index contributed by atoms with van der Waals surface area (Å²) in [7, 11) is 2.17. The van der Waals surface area contributed by atoms with Crippen LogP contribution in [0.15, 0.2) is 12.7 Å². The Labute approximate surface area is 75.6 Å². The summed E-state index contributed by atoms with van der Waals surface area (Å²) in [6.07, 6.45) is 4.64. The number of nitrogens with zero attached hydrogens (tertiary/aromatic N) is 1. The van der Waals surface area contributed by atoms with Gasteiger partial charge < -0.3 is 10.2 Å². The van der Waals surface area contributed by atoms with E-state index in [1.807, 2.05) is 6.08 Å². The molecule has 1 aliphatic rings. The van der Waals surface area contributed by atoms with E-state index in [2.05, 4.69) is 23.8 Å². The molecule has 0 aromatic rings. The quantitative estimate of drug-likeness (QED) is 0.632. The summed E-state index contributed by atoms with van der Waals surface area (Å²) in [4.78, 5) is 2.35. The summed E-state index contributed by atoms with van der Waals surface area (Å²) in [6, 6.07) is 0. The number of nitrogens with one attached hydrogen (secondary N) is 1. The number of piperidine rings is 1. The Morgan fingerprint density at radius 2 is 2.17 bits per heavy atom. The standard InChI is InChI=1S/C10H20N2/c1-3-8-12(2)9-10-4-6-11-7-5-10/h3,10-11H,1,4-9H2,2H3. The fraction of sp³-hybridized carbons (Fsp3) is 0.800. The van der Waals surface area contributed by atoms with Crippen molar-refractivity contribution in [1.29, 1.82) is 0 Å². The summed E-state index contributed by atoms with van der Waals surface area (Å²) >= 11 is 0. The highest BCUT2D eigenvalue weighted by Crippen LogP contribution is 2.12. The van der Waals surface area contributed by atoms with Crippen LogP contribution in [0.4, 0.5) is 0 Å². The monoisotopic (exact) mass is 168 g/mol. The van der Waals surface area contributed by atoms with E-state index < -0.39 is 0 Å². The van der Waals surface area contributed by atoms with Crippen molar-refractivity contribution in [2.75, 3.05) is 33.2 Å². The van der Waals surface area contributed by atoms with Crippen molar-refractivity contribution in [3.63, 3.8) is 0 Å². The van der Waals surface area contributed by atoms with Crippen molar-refractivity contribution < 1.29 is 0 Å². The smallest absolute Gasteiger partial charge is 0.0157 e. The molecule has 2 nitrogen and oxygen atoms in total. The van der Waals surface area contributed by atoms with E-state index in [1.165, 1.54) is 32.5 Å². The topological polar surface area (TPSA) is 15.3 Å². The highest BCUT2D eigenvalue weighted by Gasteiger charge is 2.13. The summed E-state index contributed by atoms with van der Waals surface area (Å²) < 4.78 is 0. The van der Waals surface area contributed by atoms with E-state index in [-0.39, 0.29) is 0 Å². The van der Waals surface area contributed by atoms with Crippen molar-refractivity contribution in [3.8, 4) is 0 Å². The SMILES string of the molecule is C=CCN(C)CC1CCNCC1. The van der Waals surface area contributed by atoms with Gasteiger partial charge in [0.15, 0.2) is 0 Å². The van der Waals surface area contributed by atoms with Gasteiger partial charge in [-0.1, -0.05) is 6.08 Å². The Kier molecular flexibility index (Phi) is 4.33. The lowest BCUT2D eigenvalue weighted by molar-refractivity contribution is 0.256. The van der Waals surface area contributed by atoms with Gasteiger partial charge in [-0.05, 0) is 38.9 Å². The van der Waals surface area contributed by atoms with Crippen LogP contribution in [0.3, 0.4) is 0 Å². The molecule has 12 heavy (non-hydrogen) atoms. The number of rotatable bonds is 4. The van der Waals surface area contributed by atoms with Crippen LogP contribution in [0.1, 0.15) is 12.8 Å². The Bertz CT molecular complexity index is 128. The van der Waals surface area contributed by atoms with Gasteiger partial charge in [-0.25, -0.2) is 0 Å². The molecule has 1 fully saturated rings. The number of hydrogen-bond donors (Lipinski definition) is 1. The third-order valence-electron chi connectivity index (χ3n) is 2.47. The molecule has 0 unspecified atom stereocenters. The molecule has 0 aromatic heterocycles. The normalized spacial score (nSPS) is 19.8. The van der Waals surface area contributed by atoms with E-state index >= 15 is 0 Å². The minimum Gasteiger partial charge on any atom is -0.317 e. The molecule has 0 atom stereocenters. The first-order chi connectivity index (χ1) is 5.83. The molecule has 1 rings (SSSR count). The predicted molar refractivity (Wildman–Crippen MR) is 53.3 cm³/mol. The van der Waals surface area contributed by atoms with Gasteiger partial charge in [0, 0.05) is 13.1 Å². The maximum atomic E-state index is 3.74. The van der Waals surface area contributed by atoms with Gasteiger partial charge in [0.2, 0.25) is 0 Å². The zero-order chi connectivity index (χ0) is 8.81. The van der Waals surface area contributed by atoms with Crippen LogP contribution in [-0.2, 0) is 0 Å². The first kappa shape index (κ1) is 9.75. The van der Waals surface area contributed by atoms with Gasteiger partial charge in [0.25, 0.3) is 0 Å². The molecular formula is C10H20N2. The Hall–Kier alpha value is -0.340. The number of hydrogen-bond acceptors (Lipinski definition) is 2. The van der Waals surface area contributed by atoms with E-state index in [9.17, 15) is 0 Å². The average Bonchev–Trinajstić information content (AvgIpc) is 2.06. The maximum Gasteiger partial charge on any atom is 0.0157 e. The minimum absolute atomic E-state index is 0.899. The summed E-state index contributed by atoms with van der Waals surface area (Å²) in [6.45, 7) is 8.39. The van der Waals surface area contributed by atoms with Crippen LogP contribution in [-0.4, -0.2) is 38.1 Å². The zero-order valence-corrected chi connectivity index (χ0v) is 8.05. The zero-order valence-electron chi connectivity index (χ0n) is 8.05. The lowest BCUT2D eigenvalue weighted by Gasteiger charge is -2.26. The van der Waals surface area contributed by atoms with Crippen molar-refractivity contribution in [1.82, 2.24) is 10.2 Å². The van der Waals surface area contributed by atoms with Crippen LogP contribution in [0, 0.1) is 5.92 Å². The third-order valence-corrected chi connectivity index (χ3v) is 2.47. The average molecular weight is 168 g/mol. The van der Waals surface area contributed by atoms with Crippen LogP contribution < -0.4 is 5.32 Å². The van der Waals surface area contributed by atoms with Gasteiger partial charge in [-0.3, -0.25) is 0 Å². The summed E-state index contributed by atoms with van der Waals surface area (Å²) in [5.41, 5.74) is 0. The number of likely N-dealkylation sites (N-methyl/N-ethyl adjacent to an activating group) is 1. The maximum absolute atomic E-state index is 3.74. The second-order valence-corrected chi connectivity index (χ2v) is 3.70. The summed E-state index contributed by atoms with van der Waals surface area (Å²) in [5.74, 6) is 0.899. The molecule has 0 bridgehead atoms. The van der Waals surface area contributed by atoms with Crippen molar-refractivity contribution in [2.24, 2.45) is 5.92 Å². The van der Waals surface area contributed by atoms with Crippen molar-refractivity contribution in [2.45, 2.75) is 12.8 Å². The molecule has 2 heteroatoms. The van der Waals surface area contributed by atoms with E-state index in [0.717, 1.165) is 12.5 Å². The molecule has 0 amide bonds. The molecule has 0 radical (unpaired) electrons. The molecule has 1 saturated heterocycles. The molecule has 0 aliphatic carbocycles. The van der Waals surface area contributed by atoms with Crippen LogP contribution in [0.2, 0.25) is 0 Å². The van der Waals surface area contributed by atoms with Gasteiger partial charge in [-0.15, -0.1) is 6.58 Å². The van der Waals surface area contributed by atoms with Crippen molar-refractivity contribution in [3.05, 3.63) is 12.7 Å². The molecular weight excluding hydrogens is 148 g/mol. The van der Waals surface area contributed by atoms with E-state index in [1.54, 1.807) is 0 Å². The van der Waals surface area contributed by atoms with Gasteiger partial charge >= 0.3 is 0 Å². The predicted octanol–water partition coefficient (Wildman–Crippen LogP) is 1.10. The lowest BCUT2D eigenvalue weighted by atomic mass is 9.98. The fourth-order valence-corrected chi connectivity index (χ4v) is 1.80. The molecule has 1 heterocycles. The van der Waals surface area contributed by atoms with Crippen LogP contribution >= 0.6 is 0 Å². The minimum atomic E-state index is 0.899. The molecule has 1 N–H and O–H groups in total. The highest BCUT2D eigenvalue weighted by molar-refractivity contribution is 4.75. The largest absolute Gasteiger partial charge is 0.317 e. The van der Waals surface area contributed by atoms with Gasteiger partial charge in [0.1, 0.15) is 0 Å². The molecule has 0 saturated carbocycles.